The van der Waals surface area contributed by atoms with E-state index in [9.17, 15) is 18.8 Å². The van der Waals surface area contributed by atoms with Crippen LogP contribution in [0.15, 0.2) is 53.1 Å². The lowest BCUT2D eigenvalue weighted by Crippen LogP contribution is -2.62. The van der Waals surface area contributed by atoms with E-state index < -0.39 is 11.4 Å². The van der Waals surface area contributed by atoms with Crippen molar-refractivity contribution in [2.75, 3.05) is 19.3 Å². The number of hydrogen-bond donors (Lipinski definition) is 2. The second-order valence-corrected chi connectivity index (χ2v) is 9.51. The summed E-state index contributed by atoms with van der Waals surface area (Å²) in [5, 5.41) is 9.90. The fraction of sp³-hybridized carbons (Fsp3) is 0.333. The second-order valence-electron chi connectivity index (χ2n) is 8.41. The molecule has 0 fully saturated rings. The lowest BCUT2D eigenvalue weighted by atomic mass is 9.96. The molecular formula is C24H26FN5O4S. The third kappa shape index (κ3) is 5.40. The number of thioether (sulfide) groups is 1. The first kappa shape index (κ1) is 24.5. The SMILES string of the molecule is CN1C(=O)c2cc(C(=O)NCCSCc3ccco3)nn2CC1(C)C(=O)NCc1ccc(F)cc1. The third-order valence-electron chi connectivity index (χ3n) is 5.95. The molecule has 35 heavy (non-hydrogen) atoms. The van der Waals surface area contributed by atoms with Crippen molar-refractivity contribution >= 4 is 29.5 Å². The van der Waals surface area contributed by atoms with Crippen molar-refractivity contribution in [2.45, 2.75) is 31.3 Å². The van der Waals surface area contributed by atoms with Gasteiger partial charge in [-0.1, -0.05) is 12.1 Å². The van der Waals surface area contributed by atoms with Gasteiger partial charge < -0.3 is 20.0 Å². The number of fused-ring (bicyclic) bond motifs is 1. The van der Waals surface area contributed by atoms with E-state index in [-0.39, 0.29) is 42.1 Å². The molecule has 0 bridgehead atoms. The second kappa shape index (κ2) is 10.3. The van der Waals surface area contributed by atoms with Crippen molar-refractivity contribution < 1.29 is 23.2 Å². The minimum absolute atomic E-state index is 0.0894. The van der Waals surface area contributed by atoms with Crippen molar-refractivity contribution in [3.05, 3.63) is 77.3 Å². The Morgan fingerprint density at radius 2 is 2.00 bits per heavy atom. The van der Waals surface area contributed by atoms with Crippen molar-refractivity contribution in [2.24, 2.45) is 0 Å². The molecule has 11 heteroatoms. The van der Waals surface area contributed by atoms with E-state index in [0.717, 1.165) is 11.3 Å². The zero-order valence-corrected chi connectivity index (χ0v) is 20.2. The van der Waals surface area contributed by atoms with Gasteiger partial charge in [0.2, 0.25) is 5.91 Å². The molecule has 1 unspecified atom stereocenters. The number of amides is 3. The van der Waals surface area contributed by atoms with Gasteiger partial charge in [-0.05, 0) is 36.8 Å². The normalized spacial score (nSPS) is 17.2. The fourth-order valence-electron chi connectivity index (χ4n) is 3.71. The molecule has 1 aromatic carbocycles. The zero-order valence-electron chi connectivity index (χ0n) is 19.4. The summed E-state index contributed by atoms with van der Waals surface area (Å²) >= 11 is 1.62. The summed E-state index contributed by atoms with van der Waals surface area (Å²) in [4.78, 5) is 40.0. The van der Waals surface area contributed by atoms with Crippen LogP contribution in [0.25, 0.3) is 0 Å². The average Bonchev–Trinajstić information content (AvgIpc) is 3.52. The van der Waals surface area contributed by atoms with Crippen molar-refractivity contribution in [3.63, 3.8) is 0 Å². The van der Waals surface area contributed by atoms with Crippen LogP contribution in [0.2, 0.25) is 0 Å². The first-order valence-corrected chi connectivity index (χ1v) is 12.2. The largest absolute Gasteiger partial charge is 0.468 e. The molecule has 2 N–H and O–H groups in total. The minimum atomic E-state index is -1.22. The van der Waals surface area contributed by atoms with E-state index in [4.69, 9.17) is 4.42 Å². The summed E-state index contributed by atoms with van der Waals surface area (Å²) in [5.41, 5.74) is -0.122. The Hall–Kier alpha value is -3.60. The van der Waals surface area contributed by atoms with Gasteiger partial charge in [0.25, 0.3) is 11.8 Å². The summed E-state index contributed by atoms with van der Waals surface area (Å²) < 4.78 is 19.8. The van der Waals surface area contributed by atoms with Crippen LogP contribution in [0.3, 0.4) is 0 Å². The Morgan fingerprint density at radius 1 is 1.23 bits per heavy atom. The van der Waals surface area contributed by atoms with Crippen LogP contribution in [-0.4, -0.2) is 57.3 Å². The van der Waals surface area contributed by atoms with E-state index in [2.05, 4.69) is 15.7 Å². The molecule has 3 heterocycles. The Labute approximate surface area is 206 Å². The number of nitrogens with zero attached hydrogens (tertiary/aromatic N) is 3. The highest BCUT2D eigenvalue weighted by Gasteiger charge is 2.46. The molecule has 9 nitrogen and oxygen atoms in total. The van der Waals surface area contributed by atoms with Gasteiger partial charge in [0.1, 0.15) is 22.8 Å². The van der Waals surface area contributed by atoms with E-state index in [1.807, 2.05) is 12.1 Å². The van der Waals surface area contributed by atoms with Crippen molar-refractivity contribution in [1.82, 2.24) is 25.3 Å². The molecule has 0 radical (unpaired) electrons. The number of furan rings is 1. The first-order chi connectivity index (χ1) is 16.8. The Bertz CT molecular complexity index is 1210. The fourth-order valence-corrected chi connectivity index (χ4v) is 4.46. The molecular weight excluding hydrogens is 473 g/mol. The molecule has 3 amide bonds. The Balaban J connectivity index is 1.35. The van der Waals surface area contributed by atoms with Crippen molar-refractivity contribution in [3.8, 4) is 0 Å². The lowest BCUT2D eigenvalue weighted by Gasteiger charge is -2.40. The quantitative estimate of drug-likeness (QED) is 0.438. The molecule has 1 aliphatic heterocycles. The molecule has 1 aliphatic rings. The monoisotopic (exact) mass is 499 g/mol. The number of carbonyl (C=O) groups excluding carboxylic acids is 3. The number of likely N-dealkylation sites (N-methyl/N-ethyl adjacent to an activating group) is 1. The van der Waals surface area contributed by atoms with Crippen molar-refractivity contribution in [1.29, 1.82) is 0 Å². The summed E-state index contributed by atoms with van der Waals surface area (Å²) in [6.07, 6.45) is 1.62. The number of rotatable bonds is 9. The smallest absolute Gasteiger partial charge is 0.272 e. The maximum absolute atomic E-state index is 13.1. The van der Waals surface area contributed by atoms with Gasteiger partial charge in [0, 0.05) is 32.0 Å². The highest BCUT2D eigenvalue weighted by atomic mass is 32.2. The summed E-state index contributed by atoms with van der Waals surface area (Å²) in [6.45, 7) is 2.36. The predicted octanol–water partition coefficient (Wildman–Crippen LogP) is 2.44. The number of aromatic nitrogens is 2. The third-order valence-corrected chi connectivity index (χ3v) is 6.93. The van der Waals surface area contributed by atoms with Gasteiger partial charge in [-0.3, -0.25) is 19.1 Å². The number of benzene rings is 1. The van der Waals surface area contributed by atoms with E-state index >= 15 is 0 Å². The van der Waals surface area contributed by atoms with Gasteiger partial charge in [0.15, 0.2) is 5.69 Å². The highest BCUT2D eigenvalue weighted by Crippen LogP contribution is 2.26. The molecule has 0 saturated heterocycles. The van der Waals surface area contributed by atoms with Gasteiger partial charge >= 0.3 is 0 Å². The Kier molecular flexibility index (Phi) is 7.25. The van der Waals surface area contributed by atoms with Crippen LogP contribution in [0.1, 0.15) is 39.2 Å². The molecule has 0 saturated carbocycles. The van der Waals surface area contributed by atoms with E-state index in [1.54, 1.807) is 44.1 Å². The molecule has 2 aromatic heterocycles. The standard InChI is InChI=1S/C24H26FN5O4S/c1-24(23(33)27-13-16-5-7-17(25)8-6-16)15-30-20(22(32)29(24)2)12-19(28-30)21(31)26-9-11-35-14-18-4-3-10-34-18/h3-8,10,12H,9,11,13-15H2,1-2H3,(H,26,31)(H,27,33). The molecule has 3 aromatic rings. The number of carbonyl (C=O) groups is 3. The minimum Gasteiger partial charge on any atom is -0.468 e. The van der Waals surface area contributed by atoms with Gasteiger partial charge in [0.05, 0.1) is 18.6 Å². The first-order valence-electron chi connectivity index (χ1n) is 11.0. The van der Waals surface area contributed by atoms with Crippen LogP contribution < -0.4 is 10.6 Å². The zero-order chi connectivity index (χ0) is 25.0. The maximum Gasteiger partial charge on any atom is 0.272 e. The number of hydrogen-bond acceptors (Lipinski definition) is 6. The topological polar surface area (TPSA) is 109 Å². The van der Waals surface area contributed by atoms with Gasteiger partial charge in [-0.2, -0.15) is 16.9 Å². The van der Waals surface area contributed by atoms with E-state index in [1.165, 1.54) is 27.8 Å². The maximum atomic E-state index is 13.1. The molecule has 0 spiro atoms. The highest BCUT2D eigenvalue weighted by molar-refractivity contribution is 7.98. The predicted molar refractivity (Wildman–Crippen MR) is 128 cm³/mol. The van der Waals surface area contributed by atoms with Gasteiger partial charge in [-0.15, -0.1) is 0 Å². The number of nitrogens with one attached hydrogen (secondary N) is 2. The summed E-state index contributed by atoms with van der Waals surface area (Å²) in [6, 6.07) is 11.0. The molecule has 4 rings (SSSR count). The lowest BCUT2D eigenvalue weighted by molar-refractivity contribution is -0.132. The summed E-state index contributed by atoms with van der Waals surface area (Å²) in [7, 11) is 1.55. The van der Waals surface area contributed by atoms with Crippen LogP contribution >= 0.6 is 11.8 Å². The summed E-state index contributed by atoms with van der Waals surface area (Å²) in [5.74, 6) is 0.745. The molecule has 184 valence electrons. The van der Waals surface area contributed by atoms with Crippen LogP contribution in [0.4, 0.5) is 4.39 Å². The molecule has 0 aliphatic carbocycles. The van der Waals surface area contributed by atoms with Gasteiger partial charge in [-0.25, -0.2) is 4.39 Å². The number of halogens is 1. The van der Waals surface area contributed by atoms with E-state index in [0.29, 0.717) is 18.1 Å². The molecule has 1 atom stereocenters. The average molecular weight is 500 g/mol. The van der Waals surface area contributed by atoms with Crippen LogP contribution in [0, 0.1) is 5.82 Å². The Morgan fingerprint density at radius 3 is 2.71 bits per heavy atom. The van der Waals surface area contributed by atoms with Crippen LogP contribution in [0.5, 0.6) is 0 Å². The van der Waals surface area contributed by atoms with Crippen LogP contribution in [-0.2, 0) is 23.6 Å².